The maximum atomic E-state index is 10.8. The van der Waals surface area contributed by atoms with Gasteiger partial charge in [0.2, 0.25) is 6.10 Å². The van der Waals surface area contributed by atoms with Crippen molar-refractivity contribution in [3.8, 4) is 0 Å². The van der Waals surface area contributed by atoms with Crippen LogP contribution in [0.4, 0.5) is 0 Å². The molecule has 0 saturated carbocycles. The van der Waals surface area contributed by atoms with Crippen molar-refractivity contribution in [2.45, 2.75) is 13.0 Å². The highest BCUT2D eigenvalue weighted by Gasteiger charge is 2.22. The van der Waals surface area contributed by atoms with Crippen LogP contribution in [0.3, 0.4) is 0 Å². The number of rotatable bonds is 2. The van der Waals surface area contributed by atoms with Gasteiger partial charge in [-0.05, 0) is 18.6 Å². The van der Waals surface area contributed by atoms with Gasteiger partial charge in [0.05, 0.1) is 13.4 Å². The predicted molar refractivity (Wildman–Crippen MR) is 40.4 cm³/mol. The molecule has 1 aromatic heterocycles. The average Bonchev–Trinajstić information content (AvgIpc) is 2.48. The first-order valence-corrected chi connectivity index (χ1v) is 3.46. The second-order valence-corrected chi connectivity index (χ2v) is 2.39. The number of esters is 1. The molecule has 4 heteroatoms. The van der Waals surface area contributed by atoms with Gasteiger partial charge in [0.25, 0.3) is 0 Å². The summed E-state index contributed by atoms with van der Waals surface area (Å²) in [5.74, 6) is -0.477. The zero-order valence-electron chi connectivity index (χ0n) is 6.90. The maximum Gasteiger partial charge on any atom is 0.342 e. The summed E-state index contributed by atoms with van der Waals surface area (Å²) in [6.07, 6.45) is 0.0987. The average molecular weight is 170 g/mol. The Morgan fingerprint density at radius 3 is 2.83 bits per heavy atom. The van der Waals surface area contributed by atoms with Crippen LogP contribution < -0.4 is 0 Å². The molecule has 0 saturated heterocycles. The van der Waals surface area contributed by atoms with E-state index in [9.17, 15) is 9.90 Å². The molecule has 12 heavy (non-hydrogen) atoms. The standard InChI is InChI=1S/C8H10O4/c1-5-3-4-12-7(5)6(9)8(10)11-2/h3-4,6,9H,1-2H3. The Morgan fingerprint density at radius 2 is 2.42 bits per heavy atom. The molecular weight excluding hydrogens is 160 g/mol. The molecule has 1 heterocycles. The number of hydrogen-bond donors (Lipinski definition) is 1. The van der Waals surface area contributed by atoms with Crippen LogP contribution in [0.1, 0.15) is 17.4 Å². The van der Waals surface area contributed by atoms with E-state index in [0.29, 0.717) is 0 Å². The molecule has 1 atom stereocenters. The van der Waals surface area contributed by atoms with Crippen LogP contribution in [-0.4, -0.2) is 18.2 Å². The fourth-order valence-electron chi connectivity index (χ4n) is 0.883. The number of furan rings is 1. The SMILES string of the molecule is COC(=O)C(O)c1occc1C. The van der Waals surface area contributed by atoms with Crippen molar-refractivity contribution in [1.82, 2.24) is 0 Å². The molecule has 0 spiro atoms. The highest BCUT2D eigenvalue weighted by molar-refractivity contribution is 5.75. The van der Waals surface area contributed by atoms with Gasteiger partial charge < -0.3 is 14.3 Å². The molecule has 66 valence electrons. The first-order chi connectivity index (χ1) is 5.66. The van der Waals surface area contributed by atoms with E-state index in [2.05, 4.69) is 4.74 Å². The van der Waals surface area contributed by atoms with Crippen molar-refractivity contribution >= 4 is 5.97 Å². The van der Waals surface area contributed by atoms with E-state index in [1.807, 2.05) is 0 Å². The molecule has 0 aromatic carbocycles. The van der Waals surface area contributed by atoms with Crippen molar-refractivity contribution < 1.29 is 19.1 Å². The van der Waals surface area contributed by atoms with Gasteiger partial charge in [-0.3, -0.25) is 0 Å². The molecule has 0 radical (unpaired) electrons. The summed E-state index contributed by atoms with van der Waals surface area (Å²) >= 11 is 0. The van der Waals surface area contributed by atoms with Crippen LogP contribution in [0.25, 0.3) is 0 Å². The lowest BCUT2D eigenvalue weighted by atomic mass is 10.2. The summed E-state index contributed by atoms with van der Waals surface area (Å²) < 4.78 is 9.24. The summed E-state index contributed by atoms with van der Waals surface area (Å²) in [4.78, 5) is 10.8. The molecule has 1 rings (SSSR count). The van der Waals surface area contributed by atoms with Gasteiger partial charge in [0.15, 0.2) is 0 Å². The van der Waals surface area contributed by atoms with E-state index in [4.69, 9.17) is 4.42 Å². The summed E-state index contributed by atoms with van der Waals surface area (Å²) in [7, 11) is 1.21. The molecular formula is C8H10O4. The van der Waals surface area contributed by atoms with E-state index < -0.39 is 12.1 Å². The largest absolute Gasteiger partial charge is 0.467 e. The van der Waals surface area contributed by atoms with Gasteiger partial charge in [-0.25, -0.2) is 4.79 Å². The van der Waals surface area contributed by atoms with Crippen molar-refractivity contribution in [3.05, 3.63) is 23.7 Å². The summed E-state index contributed by atoms with van der Waals surface area (Å²) in [6.45, 7) is 1.74. The third kappa shape index (κ3) is 1.48. The van der Waals surface area contributed by atoms with Crippen LogP contribution in [0.5, 0.6) is 0 Å². The molecule has 4 nitrogen and oxygen atoms in total. The number of carbonyl (C=O) groups is 1. The Kier molecular flexibility index (Phi) is 2.50. The third-order valence-corrected chi connectivity index (χ3v) is 1.57. The maximum absolute atomic E-state index is 10.8. The van der Waals surface area contributed by atoms with Crippen LogP contribution in [-0.2, 0) is 9.53 Å². The van der Waals surface area contributed by atoms with E-state index in [1.165, 1.54) is 13.4 Å². The Morgan fingerprint density at radius 1 is 1.75 bits per heavy atom. The minimum absolute atomic E-state index is 0.238. The molecule has 1 N–H and O–H groups in total. The molecule has 0 aliphatic heterocycles. The Bertz CT molecular complexity index is 276. The van der Waals surface area contributed by atoms with Crippen LogP contribution in [0.2, 0.25) is 0 Å². The molecule has 0 bridgehead atoms. The van der Waals surface area contributed by atoms with Gasteiger partial charge in [0.1, 0.15) is 5.76 Å². The van der Waals surface area contributed by atoms with Crippen molar-refractivity contribution in [2.75, 3.05) is 7.11 Å². The number of aryl methyl sites for hydroxylation is 1. The number of carbonyl (C=O) groups excluding carboxylic acids is 1. The van der Waals surface area contributed by atoms with E-state index in [-0.39, 0.29) is 5.76 Å². The third-order valence-electron chi connectivity index (χ3n) is 1.57. The molecule has 1 unspecified atom stereocenters. The van der Waals surface area contributed by atoms with Crippen LogP contribution in [0, 0.1) is 6.92 Å². The number of methoxy groups -OCH3 is 1. The summed E-state index contributed by atoms with van der Waals surface area (Å²) in [5.41, 5.74) is 0.730. The molecule has 0 fully saturated rings. The fraction of sp³-hybridized carbons (Fsp3) is 0.375. The fourth-order valence-corrected chi connectivity index (χ4v) is 0.883. The van der Waals surface area contributed by atoms with Gasteiger partial charge in [0, 0.05) is 0 Å². The summed E-state index contributed by atoms with van der Waals surface area (Å²) in [6, 6.07) is 1.67. The lowest BCUT2D eigenvalue weighted by molar-refractivity contribution is -0.151. The van der Waals surface area contributed by atoms with Crippen molar-refractivity contribution in [2.24, 2.45) is 0 Å². The van der Waals surface area contributed by atoms with Gasteiger partial charge in [-0.2, -0.15) is 0 Å². The predicted octanol–water partition coefficient (Wildman–Crippen LogP) is 0.794. The zero-order valence-corrected chi connectivity index (χ0v) is 6.90. The molecule has 0 aliphatic rings. The highest BCUT2D eigenvalue weighted by atomic mass is 16.5. The minimum Gasteiger partial charge on any atom is -0.467 e. The van der Waals surface area contributed by atoms with Crippen LogP contribution in [0.15, 0.2) is 16.7 Å². The first-order valence-electron chi connectivity index (χ1n) is 3.46. The summed E-state index contributed by atoms with van der Waals surface area (Å²) in [5, 5.41) is 9.29. The van der Waals surface area contributed by atoms with Gasteiger partial charge in [-0.15, -0.1) is 0 Å². The van der Waals surface area contributed by atoms with Crippen molar-refractivity contribution in [3.63, 3.8) is 0 Å². The molecule has 0 aliphatic carbocycles. The lowest BCUT2D eigenvalue weighted by Gasteiger charge is -2.05. The Balaban J connectivity index is 2.84. The second kappa shape index (κ2) is 3.40. The monoisotopic (exact) mass is 170 g/mol. The molecule has 0 amide bonds. The normalized spacial score (nSPS) is 12.6. The number of ether oxygens (including phenoxy) is 1. The highest BCUT2D eigenvalue weighted by Crippen LogP contribution is 2.19. The lowest BCUT2D eigenvalue weighted by Crippen LogP contribution is -2.13. The van der Waals surface area contributed by atoms with Gasteiger partial charge in [-0.1, -0.05) is 0 Å². The second-order valence-electron chi connectivity index (χ2n) is 2.39. The van der Waals surface area contributed by atoms with E-state index in [0.717, 1.165) is 5.56 Å². The Labute approximate surface area is 69.8 Å². The zero-order chi connectivity index (χ0) is 9.14. The number of hydrogen-bond acceptors (Lipinski definition) is 4. The molecule has 1 aromatic rings. The van der Waals surface area contributed by atoms with Crippen molar-refractivity contribution in [1.29, 1.82) is 0 Å². The number of aliphatic hydroxyl groups is 1. The van der Waals surface area contributed by atoms with E-state index >= 15 is 0 Å². The quantitative estimate of drug-likeness (QED) is 0.667. The minimum atomic E-state index is -1.31. The first kappa shape index (κ1) is 8.80. The Hall–Kier alpha value is -1.29. The smallest absolute Gasteiger partial charge is 0.342 e. The number of aliphatic hydroxyl groups excluding tert-OH is 1. The topological polar surface area (TPSA) is 59.7 Å². The van der Waals surface area contributed by atoms with Crippen LogP contribution >= 0.6 is 0 Å². The van der Waals surface area contributed by atoms with E-state index in [1.54, 1.807) is 13.0 Å². The van der Waals surface area contributed by atoms with Gasteiger partial charge >= 0.3 is 5.97 Å².